The second-order valence-corrected chi connectivity index (χ2v) is 5.43. The molecule has 0 aliphatic rings. The standard InChI is InChI=1S/C16H18BrNO2/c1-18(14-5-7-15(19-2)8-6-14)11-12-10-13(17)4-9-16(12)20-3/h4-10H,11H2,1-3H3. The fourth-order valence-corrected chi connectivity index (χ4v) is 2.46. The van der Waals surface area contributed by atoms with Crippen molar-refractivity contribution >= 4 is 21.6 Å². The van der Waals surface area contributed by atoms with E-state index in [1.807, 2.05) is 36.4 Å². The second kappa shape index (κ2) is 6.66. The lowest BCUT2D eigenvalue weighted by Gasteiger charge is -2.21. The Bertz CT molecular complexity index is 569. The third-order valence-corrected chi connectivity index (χ3v) is 3.66. The zero-order chi connectivity index (χ0) is 14.5. The Morgan fingerprint density at radius 3 is 2.30 bits per heavy atom. The summed E-state index contributed by atoms with van der Waals surface area (Å²) in [6.45, 7) is 0.773. The van der Waals surface area contributed by atoms with E-state index in [1.165, 1.54) is 0 Å². The number of halogens is 1. The van der Waals surface area contributed by atoms with Gasteiger partial charge >= 0.3 is 0 Å². The molecule has 0 spiro atoms. The van der Waals surface area contributed by atoms with Crippen LogP contribution in [0.4, 0.5) is 5.69 Å². The SMILES string of the molecule is COc1ccc(N(C)Cc2cc(Br)ccc2OC)cc1. The van der Waals surface area contributed by atoms with Crippen molar-refractivity contribution in [2.24, 2.45) is 0 Å². The average molecular weight is 336 g/mol. The number of nitrogens with zero attached hydrogens (tertiary/aromatic N) is 1. The third kappa shape index (κ3) is 3.45. The van der Waals surface area contributed by atoms with E-state index in [4.69, 9.17) is 9.47 Å². The van der Waals surface area contributed by atoms with Crippen molar-refractivity contribution in [3.8, 4) is 11.5 Å². The Morgan fingerprint density at radius 2 is 1.70 bits per heavy atom. The maximum Gasteiger partial charge on any atom is 0.123 e. The van der Waals surface area contributed by atoms with Gasteiger partial charge in [0, 0.05) is 29.3 Å². The van der Waals surface area contributed by atoms with Crippen molar-refractivity contribution in [3.63, 3.8) is 0 Å². The van der Waals surface area contributed by atoms with Crippen LogP contribution in [0, 0.1) is 0 Å². The zero-order valence-electron chi connectivity index (χ0n) is 11.9. The van der Waals surface area contributed by atoms with Gasteiger partial charge in [0.2, 0.25) is 0 Å². The second-order valence-electron chi connectivity index (χ2n) is 4.51. The minimum Gasteiger partial charge on any atom is -0.497 e. The molecule has 0 aliphatic heterocycles. The highest BCUT2D eigenvalue weighted by atomic mass is 79.9. The summed E-state index contributed by atoms with van der Waals surface area (Å²) in [5, 5.41) is 0. The molecule has 4 heteroatoms. The molecule has 0 fully saturated rings. The normalized spacial score (nSPS) is 10.2. The Morgan fingerprint density at radius 1 is 1.00 bits per heavy atom. The number of anilines is 1. The molecule has 0 bridgehead atoms. The summed E-state index contributed by atoms with van der Waals surface area (Å²) in [5.41, 5.74) is 2.27. The maximum absolute atomic E-state index is 5.41. The van der Waals surface area contributed by atoms with Crippen LogP contribution in [-0.4, -0.2) is 21.3 Å². The van der Waals surface area contributed by atoms with Crippen molar-refractivity contribution in [2.75, 3.05) is 26.2 Å². The molecule has 0 N–H and O–H groups in total. The summed E-state index contributed by atoms with van der Waals surface area (Å²) in [7, 11) is 5.42. The van der Waals surface area contributed by atoms with E-state index in [9.17, 15) is 0 Å². The minimum absolute atomic E-state index is 0.773. The largest absolute Gasteiger partial charge is 0.497 e. The number of hydrogen-bond donors (Lipinski definition) is 0. The van der Waals surface area contributed by atoms with Gasteiger partial charge < -0.3 is 14.4 Å². The van der Waals surface area contributed by atoms with Gasteiger partial charge in [-0.3, -0.25) is 0 Å². The average Bonchev–Trinajstić information content (AvgIpc) is 2.47. The van der Waals surface area contributed by atoms with Crippen molar-refractivity contribution in [1.29, 1.82) is 0 Å². The molecule has 2 aromatic rings. The highest BCUT2D eigenvalue weighted by Crippen LogP contribution is 2.26. The van der Waals surface area contributed by atoms with Gasteiger partial charge in [0.25, 0.3) is 0 Å². The van der Waals surface area contributed by atoms with Crippen LogP contribution < -0.4 is 14.4 Å². The van der Waals surface area contributed by atoms with E-state index in [0.717, 1.165) is 33.8 Å². The Kier molecular flexibility index (Phi) is 4.90. The van der Waals surface area contributed by atoms with E-state index < -0.39 is 0 Å². The minimum atomic E-state index is 0.773. The monoisotopic (exact) mass is 335 g/mol. The molecular formula is C16H18BrNO2. The predicted octanol–water partition coefficient (Wildman–Crippen LogP) is 4.10. The Balaban J connectivity index is 2.17. The van der Waals surface area contributed by atoms with Gasteiger partial charge in [0.15, 0.2) is 0 Å². The number of methoxy groups -OCH3 is 2. The summed E-state index contributed by atoms with van der Waals surface area (Å²) in [6.07, 6.45) is 0. The van der Waals surface area contributed by atoms with Gasteiger partial charge in [-0.15, -0.1) is 0 Å². The number of benzene rings is 2. The zero-order valence-corrected chi connectivity index (χ0v) is 13.5. The summed E-state index contributed by atoms with van der Waals surface area (Å²) in [5.74, 6) is 1.76. The predicted molar refractivity (Wildman–Crippen MR) is 85.8 cm³/mol. The molecular weight excluding hydrogens is 318 g/mol. The fraction of sp³-hybridized carbons (Fsp3) is 0.250. The molecule has 0 radical (unpaired) electrons. The molecule has 20 heavy (non-hydrogen) atoms. The maximum atomic E-state index is 5.41. The molecule has 3 nitrogen and oxygen atoms in total. The molecule has 0 unspecified atom stereocenters. The Hall–Kier alpha value is -1.68. The van der Waals surface area contributed by atoms with Crippen LogP contribution in [0.25, 0.3) is 0 Å². The first-order valence-electron chi connectivity index (χ1n) is 6.31. The molecule has 2 aromatic carbocycles. The highest BCUT2D eigenvalue weighted by Gasteiger charge is 2.08. The van der Waals surface area contributed by atoms with Gasteiger partial charge in [0.1, 0.15) is 11.5 Å². The quantitative estimate of drug-likeness (QED) is 0.820. The first-order chi connectivity index (χ1) is 9.63. The van der Waals surface area contributed by atoms with Gasteiger partial charge in [-0.25, -0.2) is 0 Å². The van der Waals surface area contributed by atoms with E-state index in [-0.39, 0.29) is 0 Å². The number of rotatable bonds is 5. The molecule has 0 aromatic heterocycles. The smallest absolute Gasteiger partial charge is 0.123 e. The van der Waals surface area contributed by atoms with Crippen LogP contribution in [-0.2, 0) is 6.54 Å². The van der Waals surface area contributed by atoms with E-state index >= 15 is 0 Å². The molecule has 0 atom stereocenters. The van der Waals surface area contributed by atoms with Crippen molar-refractivity contribution in [2.45, 2.75) is 6.54 Å². The van der Waals surface area contributed by atoms with E-state index in [2.05, 4.69) is 33.9 Å². The lowest BCUT2D eigenvalue weighted by molar-refractivity contribution is 0.409. The van der Waals surface area contributed by atoms with Gasteiger partial charge in [-0.1, -0.05) is 15.9 Å². The summed E-state index contributed by atoms with van der Waals surface area (Å²) < 4.78 is 11.6. The molecule has 106 valence electrons. The van der Waals surface area contributed by atoms with E-state index in [1.54, 1.807) is 14.2 Å². The van der Waals surface area contributed by atoms with Crippen LogP contribution in [0.1, 0.15) is 5.56 Å². The van der Waals surface area contributed by atoms with Gasteiger partial charge in [0.05, 0.1) is 14.2 Å². The van der Waals surface area contributed by atoms with Crippen LogP contribution >= 0.6 is 15.9 Å². The third-order valence-electron chi connectivity index (χ3n) is 3.16. The molecule has 0 saturated carbocycles. The van der Waals surface area contributed by atoms with Gasteiger partial charge in [-0.05, 0) is 42.5 Å². The lowest BCUT2D eigenvalue weighted by Crippen LogP contribution is -2.16. The first-order valence-corrected chi connectivity index (χ1v) is 7.11. The molecule has 0 saturated heterocycles. The lowest BCUT2D eigenvalue weighted by atomic mass is 10.2. The van der Waals surface area contributed by atoms with Gasteiger partial charge in [-0.2, -0.15) is 0 Å². The topological polar surface area (TPSA) is 21.7 Å². The summed E-state index contributed by atoms with van der Waals surface area (Å²) in [6, 6.07) is 14.1. The number of hydrogen-bond acceptors (Lipinski definition) is 3. The number of ether oxygens (including phenoxy) is 2. The van der Waals surface area contributed by atoms with Crippen LogP contribution in [0.5, 0.6) is 11.5 Å². The molecule has 0 aliphatic carbocycles. The molecule has 0 amide bonds. The van der Waals surface area contributed by atoms with Crippen LogP contribution in [0.3, 0.4) is 0 Å². The Labute approximate surface area is 128 Å². The van der Waals surface area contributed by atoms with Crippen molar-refractivity contribution < 1.29 is 9.47 Å². The van der Waals surface area contributed by atoms with Crippen molar-refractivity contribution in [3.05, 3.63) is 52.5 Å². The van der Waals surface area contributed by atoms with Crippen molar-refractivity contribution in [1.82, 2.24) is 0 Å². The molecule has 0 heterocycles. The first kappa shape index (κ1) is 14.7. The highest BCUT2D eigenvalue weighted by molar-refractivity contribution is 9.10. The summed E-state index contributed by atoms with van der Waals surface area (Å²) >= 11 is 3.50. The molecule has 2 rings (SSSR count). The fourth-order valence-electron chi connectivity index (χ4n) is 2.05. The van der Waals surface area contributed by atoms with Crippen LogP contribution in [0.15, 0.2) is 46.9 Å². The summed E-state index contributed by atoms with van der Waals surface area (Å²) in [4.78, 5) is 2.17. The van der Waals surface area contributed by atoms with Crippen LogP contribution in [0.2, 0.25) is 0 Å². The van der Waals surface area contributed by atoms with E-state index in [0.29, 0.717) is 0 Å².